The predicted octanol–water partition coefficient (Wildman–Crippen LogP) is 6.88. The third-order valence-corrected chi connectivity index (χ3v) is 10.7. The van der Waals surface area contributed by atoms with Crippen LogP contribution in [0.1, 0.15) is 91.8 Å². The zero-order valence-electron chi connectivity index (χ0n) is 29.9. The van der Waals surface area contributed by atoms with Crippen LogP contribution in [-0.2, 0) is 22.5 Å². The molecule has 6 rings (SSSR count). The van der Waals surface area contributed by atoms with Gasteiger partial charge in [0.05, 0.1) is 34.1 Å². The number of carboxylic acid groups (broad SMARTS) is 1. The van der Waals surface area contributed by atoms with Gasteiger partial charge in [0.2, 0.25) is 11.8 Å². The Labute approximate surface area is 298 Å². The summed E-state index contributed by atoms with van der Waals surface area (Å²) in [7, 11) is -2.19. The molecule has 1 saturated heterocycles. The Kier molecular flexibility index (Phi) is 10.1. The van der Waals surface area contributed by atoms with Crippen LogP contribution >= 0.6 is 0 Å². The Morgan fingerprint density at radius 3 is 2.45 bits per heavy atom. The van der Waals surface area contributed by atoms with Crippen molar-refractivity contribution in [1.82, 2.24) is 29.8 Å². The predicted molar refractivity (Wildman–Crippen MR) is 197 cm³/mol. The first kappa shape index (κ1) is 35.9. The molecular formula is C38H45N7O5S. The van der Waals surface area contributed by atoms with Crippen LogP contribution in [0.5, 0.6) is 5.88 Å². The topological polar surface area (TPSA) is 161 Å². The number of aryl methyl sites for hydroxylation is 3. The summed E-state index contributed by atoms with van der Waals surface area (Å²) in [5.41, 5.74) is 6.86. The molecule has 1 aliphatic rings. The van der Waals surface area contributed by atoms with E-state index in [1.165, 1.54) is 23.9 Å². The number of fused-ring (bicyclic) bond motifs is 1. The second-order valence-corrected chi connectivity index (χ2v) is 16.0. The second-order valence-electron chi connectivity index (χ2n) is 14.3. The van der Waals surface area contributed by atoms with Crippen LogP contribution in [0.2, 0.25) is 0 Å². The third kappa shape index (κ3) is 8.04. The minimum Gasteiger partial charge on any atom is -0.478 e. The highest BCUT2D eigenvalue weighted by molar-refractivity contribution is 7.92. The number of ether oxygens (including phenoxy) is 1. The molecule has 0 spiro atoms. The van der Waals surface area contributed by atoms with Crippen LogP contribution in [0.3, 0.4) is 0 Å². The smallest absolute Gasteiger partial charge is 0.335 e. The number of hydrogen-bond donors (Lipinski definition) is 3. The Morgan fingerprint density at radius 1 is 1.00 bits per heavy atom. The van der Waals surface area contributed by atoms with Gasteiger partial charge in [0.1, 0.15) is 12.1 Å². The number of anilines is 1. The van der Waals surface area contributed by atoms with Crippen molar-refractivity contribution in [3.05, 3.63) is 88.9 Å². The number of nitrogens with one attached hydrogen (secondary N) is 2. The number of benzene rings is 2. The summed E-state index contributed by atoms with van der Waals surface area (Å²) in [4.78, 5) is 30.2. The summed E-state index contributed by atoms with van der Waals surface area (Å²) >= 11 is 0. The first-order valence-corrected chi connectivity index (χ1v) is 18.7. The lowest BCUT2D eigenvalue weighted by molar-refractivity contribution is 0.0696. The van der Waals surface area contributed by atoms with Gasteiger partial charge in [-0.15, -0.1) is 0 Å². The molecule has 12 nitrogen and oxygen atoms in total. The Balaban J connectivity index is 1.28. The van der Waals surface area contributed by atoms with Gasteiger partial charge < -0.3 is 19.7 Å². The maximum absolute atomic E-state index is 13.4. The van der Waals surface area contributed by atoms with Gasteiger partial charge in [-0.3, -0.25) is 4.98 Å². The molecule has 0 saturated carbocycles. The first-order chi connectivity index (χ1) is 24.2. The number of rotatable bonds is 9. The van der Waals surface area contributed by atoms with Gasteiger partial charge in [-0.25, -0.2) is 27.9 Å². The van der Waals surface area contributed by atoms with Crippen LogP contribution in [0, 0.1) is 13.8 Å². The van der Waals surface area contributed by atoms with Crippen molar-refractivity contribution >= 4 is 33.1 Å². The molecule has 3 N–H and O–H groups in total. The van der Waals surface area contributed by atoms with Crippen molar-refractivity contribution in [1.29, 1.82) is 0 Å². The number of hydrogen-bond acceptors (Lipinski definition) is 9. The van der Waals surface area contributed by atoms with Crippen molar-refractivity contribution in [3.8, 4) is 17.1 Å². The fourth-order valence-corrected chi connectivity index (χ4v) is 7.75. The molecule has 3 aromatic heterocycles. The van der Waals surface area contributed by atoms with Gasteiger partial charge in [0, 0.05) is 35.8 Å². The normalized spacial score (nSPS) is 17.1. The van der Waals surface area contributed by atoms with E-state index in [-0.39, 0.29) is 46.4 Å². The Bertz CT molecular complexity index is 2170. The summed E-state index contributed by atoms with van der Waals surface area (Å²) < 4.78 is 37.8. The second kappa shape index (κ2) is 14.4. The Morgan fingerprint density at radius 2 is 1.73 bits per heavy atom. The van der Waals surface area contributed by atoms with Crippen LogP contribution in [0.4, 0.5) is 5.95 Å². The maximum atomic E-state index is 13.4. The van der Waals surface area contributed by atoms with E-state index in [4.69, 9.17) is 14.7 Å². The van der Waals surface area contributed by atoms with E-state index in [2.05, 4.69) is 51.4 Å². The average Bonchev–Trinajstić information content (AvgIpc) is 3.40. The molecule has 1 fully saturated rings. The molecule has 1 aliphatic heterocycles. The van der Waals surface area contributed by atoms with Crippen molar-refractivity contribution < 1.29 is 23.1 Å². The summed E-state index contributed by atoms with van der Waals surface area (Å²) in [5.74, 6) is -1.21. The summed E-state index contributed by atoms with van der Waals surface area (Å²) in [6.07, 6.45) is 6.84. The number of carbonyl (C=O) groups is 1. The van der Waals surface area contributed by atoms with Gasteiger partial charge in [0.15, 0.2) is 5.65 Å². The fourth-order valence-electron chi connectivity index (χ4n) is 6.76. The zero-order valence-corrected chi connectivity index (χ0v) is 30.7. The molecule has 13 heteroatoms. The summed E-state index contributed by atoms with van der Waals surface area (Å²) in [5, 5.41) is 13.2. The molecule has 0 radical (unpaired) electrons. The highest BCUT2D eigenvalue weighted by atomic mass is 32.2. The summed E-state index contributed by atoms with van der Waals surface area (Å²) in [6.45, 7) is 10.8. The van der Waals surface area contributed by atoms with Crippen LogP contribution < -0.4 is 14.8 Å². The van der Waals surface area contributed by atoms with Gasteiger partial charge in [-0.2, -0.15) is 4.98 Å². The minimum absolute atomic E-state index is 0.0247. The first-order valence-electron chi connectivity index (χ1n) is 17.2. The van der Waals surface area contributed by atoms with E-state index < -0.39 is 16.0 Å². The molecule has 51 heavy (non-hydrogen) atoms. The Hall–Kier alpha value is -4.88. The highest BCUT2D eigenvalue weighted by Crippen LogP contribution is 2.31. The third-order valence-electron chi connectivity index (χ3n) is 9.35. The highest BCUT2D eigenvalue weighted by Gasteiger charge is 2.25. The van der Waals surface area contributed by atoms with Crippen LogP contribution in [-0.4, -0.2) is 56.6 Å². The van der Waals surface area contributed by atoms with Crippen LogP contribution in [0.25, 0.3) is 22.4 Å². The molecule has 0 bridgehead atoms. The standard InChI is InChI=1S/C38H45N7O5S/c1-23-12-10-13-24(2)34(23)29-20-33(43-37(42-29)44-51(48,49)27-16-11-14-25(18-27)36(46)47)50-22-26-15-8-7-9-17-28(40-26)31-21-39-30-19-32(38(3,4)5)45(6)35(30)41-31/h10-14,16,18-21,26,28,40H,7-9,15,17,22H2,1-6H3,(H,46,47)(H,42,43,44)/t26-,28+/m1/s1. The van der Waals surface area contributed by atoms with E-state index in [1.807, 2.05) is 45.3 Å². The molecule has 2 aromatic carbocycles. The van der Waals surface area contributed by atoms with Gasteiger partial charge in [-0.05, 0) is 62.1 Å². The summed E-state index contributed by atoms with van der Waals surface area (Å²) in [6, 6.07) is 14.8. The van der Waals surface area contributed by atoms with Gasteiger partial charge in [-0.1, -0.05) is 64.3 Å². The lowest BCUT2D eigenvalue weighted by Gasteiger charge is -2.28. The largest absolute Gasteiger partial charge is 0.478 e. The van der Waals surface area contributed by atoms with Crippen LogP contribution in [0.15, 0.2) is 65.7 Å². The lowest BCUT2D eigenvalue weighted by Crippen LogP contribution is -2.39. The number of nitrogens with zero attached hydrogens (tertiary/aromatic N) is 5. The quantitative estimate of drug-likeness (QED) is 0.147. The molecule has 0 aliphatic carbocycles. The van der Waals surface area contributed by atoms with E-state index in [1.54, 1.807) is 6.07 Å². The van der Waals surface area contributed by atoms with E-state index in [0.717, 1.165) is 71.7 Å². The van der Waals surface area contributed by atoms with Crippen molar-refractivity contribution in [2.45, 2.75) is 89.1 Å². The van der Waals surface area contributed by atoms with E-state index >= 15 is 0 Å². The maximum Gasteiger partial charge on any atom is 0.335 e. The molecule has 4 heterocycles. The molecular weight excluding hydrogens is 667 g/mol. The number of sulfonamides is 1. The SMILES string of the molecule is Cc1cccc(C)c1-c1cc(OC[C@H]2CCCCC[C@@H](c3cnc4cc(C(C)(C)C)n(C)c4n3)N2)nc(NS(=O)(=O)c2cccc(C(=O)O)c2)n1. The number of aromatic carboxylic acids is 1. The van der Waals surface area contributed by atoms with Gasteiger partial charge in [0.25, 0.3) is 10.0 Å². The molecule has 0 amide bonds. The molecule has 0 unspecified atom stereocenters. The lowest BCUT2D eigenvalue weighted by atomic mass is 9.92. The molecule has 5 aromatic rings. The van der Waals surface area contributed by atoms with Crippen molar-refractivity contribution in [2.75, 3.05) is 11.3 Å². The van der Waals surface area contributed by atoms with E-state index in [0.29, 0.717) is 5.69 Å². The average molecular weight is 712 g/mol. The number of aromatic nitrogens is 5. The van der Waals surface area contributed by atoms with E-state index in [9.17, 15) is 18.3 Å². The number of carboxylic acids is 1. The van der Waals surface area contributed by atoms with Gasteiger partial charge >= 0.3 is 5.97 Å². The minimum atomic E-state index is -4.23. The fraction of sp³-hybridized carbons (Fsp3) is 0.395. The zero-order chi connectivity index (χ0) is 36.5. The molecule has 2 atom stereocenters. The monoisotopic (exact) mass is 711 g/mol. The van der Waals surface area contributed by atoms with Crippen molar-refractivity contribution in [2.24, 2.45) is 7.05 Å². The molecule has 268 valence electrons. The van der Waals surface area contributed by atoms with Crippen molar-refractivity contribution in [3.63, 3.8) is 0 Å².